The molecule has 4 heteroatoms. The third kappa shape index (κ3) is 3.97. The molecule has 2 unspecified atom stereocenters. The van der Waals surface area contributed by atoms with E-state index in [4.69, 9.17) is 10.5 Å². The first kappa shape index (κ1) is 15.8. The van der Waals surface area contributed by atoms with Crippen molar-refractivity contribution in [1.82, 2.24) is 4.90 Å². The van der Waals surface area contributed by atoms with Crippen LogP contribution < -0.4 is 10.5 Å². The number of nitrogens with two attached hydrogens (primary N) is 1. The molecule has 1 fully saturated rings. The molecule has 0 saturated carbocycles. The molecule has 2 atom stereocenters. The quantitative estimate of drug-likeness (QED) is 0.926. The zero-order valence-electron chi connectivity index (χ0n) is 13.3. The monoisotopic (exact) mass is 290 g/mol. The Hall–Kier alpha value is -1.55. The second kappa shape index (κ2) is 6.94. The van der Waals surface area contributed by atoms with Crippen LogP contribution in [0.2, 0.25) is 0 Å². The number of aryl methyl sites for hydroxylation is 2. The van der Waals surface area contributed by atoms with Gasteiger partial charge in [0.15, 0.2) is 6.61 Å². The number of hydrogen-bond donors (Lipinski definition) is 1. The number of rotatable bonds is 4. The van der Waals surface area contributed by atoms with E-state index in [9.17, 15) is 4.79 Å². The number of piperidine rings is 1. The van der Waals surface area contributed by atoms with E-state index in [1.807, 2.05) is 43.9 Å². The maximum atomic E-state index is 12.4. The molecule has 0 bridgehead atoms. The van der Waals surface area contributed by atoms with E-state index in [1.54, 1.807) is 0 Å². The average Bonchev–Trinajstić information content (AvgIpc) is 2.47. The van der Waals surface area contributed by atoms with Crippen LogP contribution >= 0.6 is 0 Å². The Labute approximate surface area is 127 Å². The number of ether oxygens (including phenoxy) is 1. The van der Waals surface area contributed by atoms with E-state index < -0.39 is 0 Å². The molecule has 0 aliphatic carbocycles. The van der Waals surface area contributed by atoms with Crippen LogP contribution in [0.4, 0.5) is 0 Å². The molecule has 4 nitrogen and oxygen atoms in total. The Morgan fingerprint density at radius 2 is 2.19 bits per heavy atom. The molecule has 0 radical (unpaired) electrons. The molecule has 2 N–H and O–H groups in total. The van der Waals surface area contributed by atoms with E-state index in [1.165, 1.54) is 0 Å². The molecule has 1 aromatic carbocycles. The summed E-state index contributed by atoms with van der Waals surface area (Å²) in [6, 6.07) is 6.19. The number of carbonyl (C=O) groups is 1. The Kier molecular flexibility index (Phi) is 5.23. The Morgan fingerprint density at radius 1 is 1.43 bits per heavy atom. The van der Waals surface area contributed by atoms with Gasteiger partial charge in [0.2, 0.25) is 0 Å². The van der Waals surface area contributed by atoms with Gasteiger partial charge in [0.05, 0.1) is 0 Å². The Bertz CT molecular complexity index is 500. The third-order valence-electron chi connectivity index (χ3n) is 4.17. The van der Waals surface area contributed by atoms with Gasteiger partial charge in [-0.1, -0.05) is 12.1 Å². The SMILES string of the molecule is Cc1ccc(C)c(OCC(=O)N2CCCCC2C(C)N)c1. The topological polar surface area (TPSA) is 55.6 Å². The van der Waals surface area contributed by atoms with Gasteiger partial charge in [0.1, 0.15) is 5.75 Å². The summed E-state index contributed by atoms with van der Waals surface area (Å²) in [7, 11) is 0. The summed E-state index contributed by atoms with van der Waals surface area (Å²) in [6.45, 7) is 6.87. The highest BCUT2D eigenvalue weighted by Crippen LogP contribution is 2.21. The number of carbonyl (C=O) groups excluding carboxylic acids is 1. The summed E-state index contributed by atoms with van der Waals surface area (Å²) in [5, 5.41) is 0. The highest BCUT2D eigenvalue weighted by Gasteiger charge is 2.29. The van der Waals surface area contributed by atoms with Gasteiger partial charge >= 0.3 is 0 Å². The molecule has 1 amide bonds. The third-order valence-corrected chi connectivity index (χ3v) is 4.17. The van der Waals surface area contributed by atoms with E-state index in [0.29, 0.717) is 0 Å². The number of nitrogens with zero attached hydrogens (tertiary/aromatic N) is 1. The van der Waals surface area contributed by atoms with Crippen molar-refractivity contribution in [2.24, 2.45) is 5.73 Å². The van der Waals surface area contributed by atoms with Gasteiger partial charge in [-0.2, -0.15) is 0 Å². The molecule has 1 aliphatic heterocycles. The van der Waals surface area contributed by atoms with Crippen LogP contribution in [-0.4, -0.2) is 36.0 Å². The number of hydrogen-bond acceptors (Lipinski definition) is 3. The van der Waals surface area contributed by atoms with Crippen LogP contribution in [0.1, 0.15) is 37.3 Å². The van der Waals surface area contributed by atoms with E-state index in [0.717, 1.165) is 42.7 Å². The van der Waals surface area contributed by atoms with Gasteiger partial charge in [0, 0.05) is 18.6 Å². The smallest absolute Gasteiger partial charge is 0.260 e. The van der Waals surface area contributed by atoms with Gasteiger partial charge in [-0.05, 0) is 57.2 Å². The maximum absolute atomic E-state index is 12.4. The first-order chi connectivity index (χ1) is 9.99. The zero-order valence-corrected chi connectivity index (χ0v) is 13.3. The molecule has 116 valence electrons. The average molecular weight is 290 g/mol. The lowest BCUT2D eigenvalue weighted by atomic mass is 9.97. The second-order valence-corrected chi connectivity index (χ2v) is 6.07. The largest absolute Gasteiger partial charge is 0.483 e. The van der Waals surface area contributed by atoms with Crippen molar-refractivity contribution in [1.29, 1.82) is 0 Å². The van der Waals surface area contributed by atoms with Crippen molar-refractivity contribution in [3.63, 3.8) is 0 Å². The van der Waals surface area contributed by atoms with Crippen molar-refractivity contribution in [2.75, 3.05) is 13.2 Å². The molecule has 1 aliphatic rings. The van der Waals surface area contributed by atoms with Crippen LogP contribution in [0, 0.1) is 13.8 Å². The minimum atomic E-state index is 0.00922. The second-order valence-electron chi connectivity index (χ2n) is 6.07. The van der Waals surface area contributed by atoms with Crippen molar-refractivity contribution >= 4 is 5.91 Å². The molecule has 21 heavy (non-hydrogen) atoms. The van der Waals surface area contributed by atoms with Crippen molar-refractivity contribution < 1.29 is 9.53 Å². The van der Waals surface area contributed by atoms with E-state index in [-0.39, 0.29) is 24.6 Å². The van der Waals surface area contributed by atoms with Gasteiger partial charge in [-0.25, -0.2) is 0 Å². The summed E-state index contributed by atoms with van der Waals surface area (Å²) in [5.74, 6) is 0.829. The molecular weight excluding hydrogens is 264 g/mol. The highest BCUT2D eigenvalue weighted by atomic mass is 16.5. The van der Waals surface area contributed by atoms with Gasteiger partial charge in [-0.15, -0.1) is 0 Å². The summed E-state index contributed by atoms with van der Waals surface area (Å²) in [5.41, 5.74) is 8.20. The number of likely N-dealkylation sites (tertiary alicyclic amines) is 1. The lowest BCUT2D eigenvalue weighted by Crippen LogP contribution is -2.52. The molecular formula is C17H26N2O2. The molecule has 2 rings (SSSR count). The summed E-state index contributed by atoms with van der Waals surface area (Å²) >= 11 is 0. The van der Waals surface area contributed by atoms with Crippen LogP contribution in [0.5, 0.6) is 5.75 Å². The predicted octanol–water partition coefficient (Wildman–Crippen LogP) is 2.41. The van der Waals surface area contributed by atoms with Gasteiger partial charge < -0.3 is 15.4 Å². The molecule has 1 saturated heterocycles. The minimum Gasteiger partial charge on any atom is -0.483 e. The van der Waals surface area contributed by atoms with Gasteiger partial charge in [0.25, 0.3) is 5.91 Å². The fourth-order valence-corrected chi connectivity index (χ4v) is 2.90. The van der Waals surface area contributed by atoms with Crippen LogP contribution in [0.15, 0.2) is 18.2 Å². The van der Waals surface area contributed by atoms with Crippen molar-refractivity contribution in [3.05, 3.63) is 29.3 Å². The number of amides is 1. The summed E-state index contributed by atoms with van der Waals surface area (Å²) in [6.07, 6.45) is 3.19. The normalized spacial score (nSPS) is 20.2. The lowest BCUT2D eigenvalue weighted by molar-refractivity contribution is -0.137. The first-order valence-electron chi connectivity index (χ1n) is 7.74. The maximum Gasteiger partial charge on any atom is 0.260 e. The van der Waals surface area contributed by atoms with Gasteiger partial charge in [-0.3, -0.25) is 4.79 Å². The molecule has 0 spiro atoms. The fraction of sp³-hybridized carbons (Fsp3) is 0.588. The Balaban J connectivity index is 1.98. The Morgan fingerprint density at radius 3 is 2.90 bits per heavy atom. The van der Waals surface area contributed by atoms with Crippen LogP contribution in [0.25, 0.3) is 0 Å². The first-order valence-corrected chi connectivity index (χ1v) is 7.74. The van der Waals surface area contributed by atoms with Crippen molar-refractivity contribution in [3.8, 4) is 5.75 Å². The minimum absolute atomic E-state index is 0.00922. The van der Waals surface area contributed by atoms with E-state index in [2.05, 4.69) is 0 Å². The molecule has 0 aromatic heterocycles. The predicted molar refractivity (Wildman–Crippen MR) is 84.4 cm³/mol. The lowest BCUT2D eigenvalue weighted by Gasteiger charge is -2.38. The summed E-state index contributed by atoms with van der Waals surface area (Å²) in [4.78, 5) is 14.3. The standard InChI is InChI=1S/C17H26N2O2/c1-12-7-8-13(2)16(10-12)21-11-17(20)19-9-5-4-6-15(19)14(3)18/h7-8,10,14-15H,4-6,9,11,18H2,1-3H3. The zero-order chi connectivity index (χ0) is 15.4. The van der Waals surface area contributed by atoms with Crippen LogP contribution in [-0.2, 0) is 4.79 Å². The summed E-state index contributed by atoms with van der Waals surface area (Å²) < 4.78 is 5.73. The fourth-order valence-electron chi connectivity index (χ4n) is 2.90. The van der Waals surface area contributed by atoms with Crippen molar-refractivity contribution in [2.45, 2.75) is 52.1 Å². The highest BCUT2D eigenvalue weighted by molar-refractivity contribution is 5.78. The van der Waals surface area contributed by atoms with E-state index >= 15 is 0 Å². The van der Waals surface area contributed by atoms with Crippen LogP contribution in [0.3, 0.4) is 0 Å². The molecule has 1 aromatic rings. The molecule has 1 heterocycles. The number of benzene rings is 1.